The van der Waals surface area contributed by atoms with Crippen LogP contribution in [0.1, 0.15) is 22.5 Å². The maximum absolute atomic E-state index is 12.9. The first-order valence-electron chi connectivity index (χ1n) is 10.4. The van der Waals surface area contributed by atoms with Crippen LogP contribution in [0.5, 0.6) is 0 Å². The second-order valence-electron chi connectivity index (χ2n) is 7.91. The summed E-state index contributed by atoms with van der Waals surface area (Å²) in [6.45, 7) is 2.28. The van der Waals surface area contributed by atoms with Crippen molar-refractivity contribution in [2.75, 3.05) is 6.54 Å². The molecule has 5 rings (SSSR count). The number of rotatable bonds is 4. The molecule has 3 heterocycles. The number of nitrogens with zero attached hydrogens (tertiary/aromatic N) is 4. The predicted molar refractivity (Wildman–Crippen MR) is 116 cm³/mol. The van der Waals surface area contributed by atoms with Crippen molar-refractivity contribution in [1.82, 2.24) is 19.4 Å². The summed E-state index contributed by atoms with van der Waals surface area (Å²) in [5.41, 5.74) is 4.29. The van der Waals surface area contributed by atoms with Crippen molar-refractivity contribution in [2.45, 2.75) is 25.7 Å². The minimum atomic E-state index is -4.33. The summed E-state index contributed by atoms with van der Waals surface area (Å²) in [5.74, 6) is 0.744. The molecule has 1 aliphatic heterocycles. The Labute approximate surface area is 184 Å². The van der Waals surface area contributed by atoms with Crippen molar-refractivity contribution in [3.05, 3.63) is 102 Å². The van der Waals surface area contributed by atoms with Crippen LogP contribution in [0.3, 0.4) is 0 Å². The van der Waals surface area contributed by atoms with E-state index < -0.39 is 11.7 Å². The molecule has 7 heteroatoms. The van der Waals surface area contributed by atoms with Crippen molar-refractivity contribution in [1.29, 1.82) is 0 Å². The average Bonchev–Trinajstić information content (AvgIpc) is 3.27. The molecule has 0 aliphatic carbocycles. The highest BCUT2D eigenvalue weighted by molar-refractivity contribution is 5.54. The lowest BCUT2D eigenvalue weighted by molar-refractivity contribution is -0.137. The summed E-state index contributed by atoms with van der Waals surface area (Å²) < 4.78 is 40.5. The lowest BCUT2D eigenvalue weighted by Gasteiger charge is -2.28. The smallest absolute Gasteiger partial charge is 0.320 e. The number of halogens is 3. The third kappa shape index (κ3) is 4.16. The molecule has 1 aliphatic rings. The Morgan fingerprint density at radius 1 is 0.906 bits per heavy atom. The molecule has 32 heavy (non-hydrogen) atoms. The topological polar surface area (TPSA) is 34.0 Å². The second-order valence-corrected chi connectivity index (χ2v) is 7.91. The van der Waals surface area contributed by atoms with E-state index in [0.29, 0.717) is 12.2 Å². The van der Waals surface area contributed by atoms with Gasteiger partial charge >= 0.3 is 6.18 Å². The first kappa shape index (κ1) is 20.5. The average molecular weight is 434 g/mol. The third-order valence-corrected chi connectivity index (χ3v) is 5.74. The Kier molecular flexibility index (Phi) is 5.27. The molecule has 0 fully saturated rings. The van der Waals surface area contributed by atoms with E-state index >= 15 is 0 Å². The molecule has 0 saturated heterocycles. The highest BCUT2D eigenvalue weighted by Crippen LogP contribution is 2.30. The van der Waals surface area contributed by atoms with Gasteiger partial charge in [0.05, 0.1) is 11.3 Å². The summed E-state index contributed by atoms with van der Waals surface area (Å²) in [7, 11) is 0. The summed E-state index contributed by atoms with van der Waals surface area (Å²) in [6.07, 6.45) is 0.289. The predicted octanol–water partition coefficient (Wildman–Crippen LogP) is 5.51. The molecule has 0 unspecified atom stereocenters. The molecule has 0 bridgehead atoms. The van der Waals surface area contributed by atoms with Gasteiger partial charge in [-0.25, -0.2) is 9.97 Å². The minimum absolute atomic E-state index is 0.641. The highest BCUT2D eigenvalue weighted by Gasteiger charge is 2.30. The lowest BCUT2D eigenvalue weighted by Crippen LogP contribution is -2.31. The van der Waals surface area contributed by atoms with E-state index in [-0.39, 0.29) is 0 Å². The molecule has 0 saturated carbocycles. The van der Waals surface area contributed by atoms with Gasteiger partial charge in [0.25, 0.3) is 0 Å². The maximum Gasteiger partial charge on any atom is 0.416 e. The molecule has 2 aromatic carbocycles. The Bertz CT molecular complexity index is 1210. The van der Waals surface area contributed by atoms with Crippen LogP contribution in [0, 0.1) is 0 Å². The van der Waals surface area contributed by atoms with Gasteiger partial charge in [-0.2, -0.15) is 13.2 Å². The summed E-state index contributed by atoms with van der Waals surface area (Å²) in [6, 6.07) is 19.1. The zero-order chi connectivity index (χ0) is 22.1. The van der Waals surface area contributed by atoms with E-state index in [2.05, 4.69) is 9.88 Å². The number of alkyl halides is 3. The van der Waals surface area contributed by atoms with Gasteiger partial charge in [0, 0.05) is 61.0 Å². The Morgan fingerprint density at radius 3 is 2.44 bits per heavy atom. The van der Waals surface area contributed by atoms with Crippen molar-refractivity contribution in [3.63, 3.8) is 0 Å². The summed E-state index contributed by atoms with van der Waals surface area (Å²) >= 11 is 0. The highest BCUT2D eigenvalue weighted by atomic mass is 19.4. The Balaban J connectivity index is 1.32. The number of benzene rings is 2. The fourth-order valence-corrected chi connectivity index (χ4v) is 4.07. The van der Waals surface area contributed by atoms with Crippen LogP contribution in [0.4, 0.5) is 13.2 Å². The number of fused-ring (bicyclic) bond motifs is 1. The Hall–Kier alpha value is -3.45. The first-order chi connectivity index (χ1) is 15.5. The van der Waals surface area contributed by atoms with Crippen molar-refractivity contribution >= 4 is 0 Å². The van der Waals surface area contributed by atoms with Crippen molar-refractivity contribution in [3.8, 4) is 17.1 Å². The molecule has 4 aromatic rings. The fraction of sp³-hybridized carbons (Fsp3) is 0.200. The summed E-state index contributed by atoms with van der Waals surface area (Å²) in [4.78, 5) is 11.6. The quantitative estimate of drug-likeness (QED) is 0.425. The van der Waals surface area contributed by atoms with E-state index in [1.165, 1.54) is 12.1 Å². The van der Waals surface area contributed by atoms with Crippen LogP contribution in [0.2, 0.25) is 0 Å². The minimum Gasteiger partial charge on any atom is -0.320 e. The monoisotopic (exact) mass is 434 g/mol. The van der Waals surface area contributed by atoms with Gasteiger partial charge in [-0.1, -0.05) is 30.3 Å². The molecule has 0 N–H and O–H groups in total. The van der Waals surface area contributed by atoms with Gasteiger partial charge in [-0.05, 0) is 36.4 Å². The molecular formula is C25H21F3N4. The van der Waals surface area contributed by atoms with Crippen LogP contribution in [-0.2, 0) is 25.7 Å². The molecule has 162 valence electrons. The van der Waals surface area contributed by atoms with Crippen LogP contribution in [0.25, 0.3) is 17.1 Å². The third-order valence-electron chi connectivity index (χ3n) is 5.74. The van der Waals surface area contributed by atoms with Gasteiger partial charge in [0.2, 0.25) is 0 Å². The van der Waals surface area contributed by atoms with E-state index in [9.17, 15) is 13.2 Å². The molecule has 0 atom stereocenters. The van der Waals surface area contributed by atoms with Gasteiger partial charge in [-0.15, -0.1) is 0 Å². The van der Waals surface area contributed by atoms with Crippen molar-refractivity contribution < 1.29 is 13.2 Å². The van der Waals surface area contributed by atoms with Crippen LogP contribution >= 0.6 is 0 Å². The first-order valence-corrected chi connectivity index (χ1v) is 10.4. The van der Waals surface area contributed by atoms with E-state index in [4.69, 9.17) is 4.98 Å². The van der Waals surface area contributed by atoms with Crippen LogP contribution in [-0.4, -0.2) is 26.0 Å². The zero-order valence-corrected chi connectivity index (χ0v) is 17.3. The SMILES string of the molecule is FC(F)(F)c1ccc(-n2cccc2CN2CCc3nc(-c4ccccc4)ncc3C2)cc1. The molecular weight excluding hydrogens is 413 g/mol. The van der Waals surface area contributed by atoms with Crippen molar-refractivity contribution in [2.24, 2.45) is 0 Å². The second kappa shape index (κ2) is 8.24. The lowest BCUT2D eigenvalue weighted by atomic mass is 10.1. The van der Waals surface area contributed by atoms with E-state index in [0.717, 1.165) is 60.0 Å². The number of hydrogen-bond donors (Lipinski definition) is 0. The zero-order valence-electron chi connectivity index (χ0n) is 17.3. The molecule has 4 nitrogen and oxygen atoms in total. The largest absolute Gasteiger partial charge is 0.416 e. The standard InChI is InChI=1S/C25H21F3N4/c26-25(27,28)20-8-10-21(11-9-20)32-13-4-7-22(32)17-31-14-12-23-19(16-31)15-29-24(30-23)18-5-2-1-3-6-18/h1-11,13,15H,12,14,16-17H2. The molecule has 2 aromatic heterocycles. The molecule has 0 amide bonds. The van der Waals surface area contributed by atoms with Gasteiger partial charge in [0.1, 0.15) is 0 Å². The number of hydrogen-bond acceptors (Lipinski definition) is 3. The van der Waals surface area contributed by atoms with Gasteiger partial charge in [-0.3, -0.25) is 4.90 Å². The maximum atomic E-state index is 12.9. The number of aromatic nitrogens is 3. The Morgan fingerprint density at radius 2 is 1.69 bits per heavy atom. The fourth-order valence-electron chi connectivity index (χ4n) is 4.07. The molecule has 0 spiro atoms. The molecule has 0 radical (unpaired) electrons. The summed E-state index contributed by atoms with van der Waals surface area (Å²) in [5, 5.41) is 0. The van der Waals surface area contributed by atoms with E-state index in [1.54, 1.807) is 0 Å². The normalized spacial score (nSPS) is 14.3. The van der Waals surface area contributed by atoms with E-state index in [1.807, 2.05) is 59.4 Å². The van der Waals surface area contributed by atoms with Crippen LogP contribution < -0.4 is 0 Å². The van der Waals surface area contributed by atoms with Crippen LogP contribution in [0.15, 0.2) is 79.1 Å². The van der Waals surface area contributed by atoms with Gasteiger partial charge in [0.15, 0.2) is 5.82 Å². The van der Waals surface area contributed by atoms with Gasteiger partial charge < -0.3 is 4.57 Å².